The van der Waals surface area contributed by atoms with Crippen LogP contribution in [-0.4, -0.2) is 44.0 Å². The SMILES string of the molecule is Cc1ccccc1CSCCNC(=O)C1CCN(S(=O)(=O)Cc2ccccc2F)CC1. The summed E-state index contributed by atoms with van der Waals surface area (Å²) in [6.45, 7) is 3.27. The lowest BCUT2D eigenvalue weighted by Gasteiger charge is -2.30. The molecule has 0 atom stereocenters. The van der Waals surface area contributed by atoms with Gasteiger partial charge in [-0.2, -0.15) is 11.8 Å². The van der Waals surface area contributed by atoms with Crippen molar-refractivity contribution in [2.24, 2.45) is 5.92 Å². The number of carbonyl (C=O) groups excluding carboxylic acids is 1. The topological polar surface area (TPSA) is 66.5 Å². The van der Waals surface area contributed by atoms with Gasteiger partial charge in [0.25, 0.3) is 0 Å². The molecule has 0 aromatic heterocycles. The summed E-state index contributed by atoms with van der Waals surface area (Å²) >= 11 is 1.78. The standard InChI is InChI=1S/C23H29FN2O3S2/c1-18-6-2-3-7-20(18)16-30-15-12-25-23(27)19-10-13-26(14-11-19)31(28,29)17-21-8-4-5-9-22(21)24/h2-9,19H,10-17H2,1H3,(H,25,27). The van der Waals surface area contributed by atoms with Crippen LogP contribution in [0.4, 0.5) is 4.39 Å². The second-order valence-electron chi connectivity index (χ2n) is 7.79. The van der Waals surface area contributed by atoms with Crippen LogP contribution in [0.25, 0.3) is 0 Å². The molecule has 0 radical (unpaired) electrons. The highest BCUT2D eigenvalue weighted by Gasteiger charge is 2.31. The first kappa shape index (κ1) is 23.8. The van der Waals surface area contributed by atoms with Crippen molar-refractivity contribution in [3.05, 3.63) is 71.0 Å². The number of piperidine rings is 1. The van der Waals surface area contributed by atoms with Gasteiger partial charge in [0.15, 0.2) is 0 Å². The molecular weight excluding hydrogens is 435 g/mol. The molecule has 1 amide bonds. The second-order valence-corrected chi connectivity index (χ2v) is 10.9. The van der Waals surface area contributed by atoms with Crippen LogP contribution in [-0.2, 0) is 26.3 Å². The maximum Gasteiger partial charge on any atom is 0.223 e. The molecule has 31 heavy (non-hydrogen) atoms. The van der Waals surface area contributed by atoms with E-state index >= 15 is 0 Å². The fourth-order valence-electron chi connectivity index (χ4n) is 3.64. The fourth-order valence-corrected chi connectivity index (χ4v) is 6.16. The van der Waals surface area contributed by atoms with E-state index in [4.69, 9.17) is 0 Å². The van der Waals surface area contributed by atoms with E-state index in [1.807, 2.05) is 12.1 Å². The summed E-state index contributed by atoms with van der Waals surface area (Å²) in [6.07, 6.45) is 0.970. The average Bonchev–Trinajstić information content (AvgIpc) is 2.76. The summed E-state index contributed by atoms with van der Waals surface area (Å²) in [5, 5.41) is 2.98. The molecule has 2 aromatic carbocycles. The summed E-state index contributed by atoms with van der Waals surface area (Å²) < 4.78 is 40.4. The zero-order valence-electron chi connectivity index (χ0n) is 17.7. The number of aryl methyl sites for hydroxylation is 1. The van der Waals surface area contributed by atoms with Crippen molar-refractivity contribution in [1.82, 2.24) is 9.62 Å². The number of halogens is 1. The molecule has 0 unspecified atom stereocenters. The number of hydrogen-bond donors (Lipinski definition) is 1. The number of nitrogens with one attached hydrogen (secondary N) is 1. The minimum atomic E-state index is -3.60. The second kappa shape index (κ2) is 11.1. The van der Waals surface area contributed by atoms with Crippen molar-refractivity contribution in [3.63, 3.8) is 0 Å². The van der Waals surface area contributed by atoms with Gasteiger partial charge in [0, 0.05) is 42.6 Å². The number of benzene rings is 2. The molecule has 1 aliphatic heterocycles. The molecule has 0 saturated carbocycles. The Morgan fingerprint density at radius 1 is 1.10 bits per heavy atom. The summed E-state index contributed by atoms with van der Waals surface area (Å²) in [6, 6.07) is 14.2. The third kappa shape index (κ3) is 6.79. The van der Waals surface area contributed by atoms with Crippen LogP contribution in [0.3, 0.4) is 0 Å². The first-order chi connectivity index (χ1) is 14.9. The predicted octanol–water partition coefficient (Wildman–Crippen LogP) is 3.73. The monoisotopic (exact) mass is 464 g/mol. The molecule has 1 aliphatic rings. The van der Waals surface area contributed by atoms with Gasteiger partial charge in [0.1, 0.15) is 5.82 Å². The van der Waals surface area contributed by atoms with Gasteiger partial charge in [-0.25, -0.2) is 17.1 Å². The molecule has 1 fully saturated rings. The van der Waals surface area contributed by atoms with Crippen molar-refractivity contribution in [1.29, 1.82) is 0 Å². The first-order valence-electron chi connectivity index (χ1n) is 10.5. The van der Waals surface area contributed by atoms with Crippen molar-refractivity contribution in [2.45, 2.75) is 31.3 Å². The number of thioether (sulfide) groups is 1. The highest BCUT2D eigenvalue weighted by atomic mass is 32.2. The lowest BCUT2D eigenvalue weighted by molar-refractivity contribution is -0.125. The molecule has 8 heteroatoms. The molecule has 1 saturated heterocycles. The predicted molar refractivity (Wildman–Crippen MR) is 124 cm³/mol. The van der Waals surface area contributed by atoms with Crippen LogP contribution in [0.15, 0.2) is 48.5 Å². The summed E-state index contributed by atoms with van der Waals surface area (Å²) in [4.78, 5) is 12.4. The maximum atomic E-state index is 13.8. The van der Waals surface area contributed by atoms with Gasteiger partial charge < -0.3 is 5.32 Å². The van der Waals surface area contributed by atoms with E-state index in [2.05, 4.69) is 24.4 Å². The molecular formula is C23H29FN2O3S2. The lowest BCUT2D eigenvalue weighted by Crippen LogP contribution is -2.43. The van der Waals surface area contributed by atoms with Crippen LogP contribution in [0.5, 0.6) is 0 Å². The molecule has 0 spiro atoms. The van der Waals surface area contributed by atoms with E-state index in [1.165, 1.54) is 33.6 Å². The Hall–Kier alpha value is -1.90. The summed E-state index contributed by atoms with van der Waals surface area (Å²) in [5.41, 5.74) is 2.75. The third-order valence-corrected chi connectivity index (χ3v) is 8.41. The lowest BCUT2D eigenvalue weighted by atomic mass is 9.97. The van der Waals surface area contributed by atoms with Crippen molar-refractivity contribution < 1.29 is 17.6 Å². The van der Waals surface area contributed by atoms with Crippen molar-refractivity contribution in [3.8, 4) is 0 Å². The normalized spacial score (nSPS) is 15.7. The van der Waals surface area contributed by atoms with Crippen LogP contribution < -0.4 is 5.32 Å². The maximum absolute atomic E-state index is 13.8. The van der Waals surface area contributed by atoms with Gasteiger partial charge >= 0.3 is 0 Å². The molecule has 0 aliphatic carbocycles. The number of nitrogens with zero attached hydrogens (tertiary/aromatic N) is 1. The highest BCUT2D eigenvalue weighted by Crippen LogP contribution is 2.23. The van der Waals surface area contributed by atoms with Crippen LogP contribution in [0.1, 0.15) is 29.5 Å². The van der Waals surface area contributed by atoms with E-state index in [1.54, 1.807) is 17.8 Å². The van der Waals surface area contributed by atoms with Crippen LogP contribution in [0, 0.1) is 18.7 Å². The Balaban J connectivity index is 1.38. The Bertz CT molecular complexity index is 990. The Kier molecular flexibility index (Phi) is 8.51. The number of amides is 1. The van der Waals surface area contributed by atoms with E-state index in [9.17, 15) is 17.6 Å². The highest BCUT2D eigenvalue weighted by molar-refractivity contribution is 7.98. The molecule has 5 nitrogen and oxygen atoms in total. The average molecular weight is 465 g/mol. The Morgan fingerprint density at radius 2 is 1.74 bits per heavy atom. The van der Waals surface area contributed by atoms with Crippen LogP contribution in [0.2, 0.25) is 0 Å². The van der Waals surface area contributed by atoms with E-state index < -0.39 is 15.8 Å². The fraction of sp³-hybridized carbons (Fsp3) is 0.435. The Labute approximate surface area is 188 Å². The van der Waals surface area contributed by atoms with Crippen LogP contribution >= 0.6 is 11.8 Å². The van der Waals surface area contributed by atoms with Gasteiger partial charge in [0.2, 0.25) is 15.9 Å². The quantitative estimate of drug-likeness (QED) is 0.575. The number of carbonyl (C=O) groups is 1. The number of hydrogen-bond acceptors (Lipinski definition) is 4. The van der Waals surface area contributed by atoms with Gasteiger partial charge in [0.05, 0.1) is 5.75 Å². The molecule has 2 aromatic rings. The molecule has 3 rings (SSSR count). The number of rotatable bonds is 9. The molecule has 168 valence electrons. The summed E-state index contributed by atoms with van der Waals surface area (Å²) in [5.74, 6) is 0.690. The molecule has 1 heterocycles. The van der Waals surface area contributed by atoms with E-state index in [0.29, 0.717) is 19.4 Å². The zero-order valence-corrected chi connectivity index (χ0v) is 19.4. The van der Waals surface area contributed by atoms with Gasteiger partial charge in [-0.3, -0.25) is 4.79 Å². The van der Waals surface area contributed by atoms with Crippen molar-refractivity contribution >= 4 is 27.7 Å². The number of sulfonamides is 1. The smallest absolute Gasteiger partial charge is 0.223 e. The van der Waals surface area contributed by atoms with Gasteiger partial charge in [-0.05, 0) is 37.0 Å². The minimum Gasteiger partial charge on any atom is -0.355 e. The first-order valence-corrected chi connectivity index (χ1v) is 13.2. The Morgan fingerprint density at radius 3 is 2.42 bits per heavy atom. The van der Waals surface area contributed by atoms with E-state index in [-0.39, 0.29) is 36.2 Å². The largest absolute Gasteiger partial charge is 0.355 e. The van der Waals surface area contributed by atoms with Gasteiger partial charge in [-0.1, -0.05) is 42.5 Å². The summed E-state index contributed by atoms with van der Waals surface area (Å²) in [7, 11) is -3.60. The molecule has 0 bridgehead atoms. The van der Waals surface area contributed by atoms with Gasteiger partial charge in [-0.15, -0.1) is 0 Å². The zero-order chi connectivity index (χ0) is 22.3. The third-order valence-electron chi connectivity index (χ3n) is 5.58. The van der Waals surface area contributed by atoms with E-state index in [0.717, 1.165) is 11.5 Å². The minimum absolute atomic E-state index is 0.0114. The molecule has 1 N–H and O–H groups in total. The van der Waals surface area contributed by atoms with Crippen molar-refractivity contribution in [2.75, 3.05) is 25.4 Å².